The van der Waals surface area contributed by atoms with Crippen molar-refractivity contribution in [2.24, 2.45) is 5.41 Å². The molecule has 108 valence electrons. The zero-order chi connectivity index (χ0) is 14.5. The molecule has 0 aliphatic carbocycles. The third kappa shape index (κ3) is 5.57. The molecular formula is C13H23N3O2S. The molecule has 1 aromatic heterocycles. The summed E-state index contributed by atoms with van der Waals surface area (Å²) in [5.41, 5.74) is 0.825. The monoisotopic (exact) mass is 285 g/mol. The average molecular weight is 285 g/mol. The van der Waals surface area contributed by atoms with E-state index in [0.717, 1.165) is 15.6 Å². The number of nitrogens with one attached hydrogen (secondary N) is 2. The number of carbonyl (C=O) groups is 1. The number of aromatic nitrogens is 1. The van der Waals surface area contributed by atoms with Crippen molar-refractivity contribution in [1.29, 1.82) is 0 Å². The molecule has 19 heavy (non-hydrogen) atoms. The maximum atomic E-state index is 11.7. The number of urea groups is 1. The van der Waals surface area contributed by atoms with Gasteiger partial charge in [0.2, 0.25) is 0 Å². The number of hydrogen-bond donors (Lipinski definition) is 3. The molecule has 3 N–H and O–H groups in total. The lowest BCUT2D eigenvalue weighted by molar-refractivity contribution is 0.201. The predicted octanol–water partition coefficient (Wildman–Crippen LogP) is 1.97. The zero-order valence-corrected chi connectivity index (χ0v) is 12.9. The van der Waals surface area contributed by atoms with Crippen LogP contribution < -0.4 is 10.6 Å². The Hall–Kier alpha value is -1.14. The van der Waals surface area contributed by atoms with Crippen molar-refractivity contribution in [3.05, 3.63) is 15.6 Å². The van der Waals surface area contributed by atoms with Crippen molar-refractivity contribution in [3.63, 3.8) is 0 Å². The van der Waals surface area contributed by atoms with Gasteiger partial charge in [-0.25, -0.2) is 9.78 Å². The van der Waals surface area contributed by atoms with Crippen LogP contribution in [0.3, 0.4) is 0 Å². The molecule has 1 aromatic rings. The number of thiazole rings is 1. The number of rotatable bonds is 6. The minimum Gasteiger partial charge on any atom is -0.396 e. The summed E-state index contributed by atoms with van der Waals surface area (Å²) >= 11 is 1.63. The Kier molecular flexibility index (Phi) is 5.75. The molecule has 0 aliphatic heterocycles. The Labute approximate surface area is 118 Å². The maximum Gasteiger partial charge on any atom is 0.315 e. The highest BCUT2D eigenvalue weighted by atomic mass is 32.1. The van der Waals surface area contributed by atoms with Crippen molar-refractivity contribution in [2.75, 3.05) is 13.2 Å². The minimum atomic E-state index is -0.198. The van der Waals surface area contributed by atoms with E-state index in [0.29, 0.717) is 19.5 Å². The van der Waals surface area contributed by atoms with Gasteiger partial charge in [0, 0.05) is 18.0 Å². The molecule has 1 rings (SSSR count). The lowest BCUT2D eigenvalue weighted by Crippen LogP contribution is -2.40. The summed E-state index contributed by atoms with van der Waals surface area (Å²) in [6, 6.07) is -0.198. The fourth-order valence-electron chi connectivity index (χ4n) is 1.67. The minimum absolute atomic E-state index is 0.0980. The lowest BCUT2D eigenvalue weighted by atomic mass is 9.90. The number of aryl methyl sites for hydroxylation is 2. The smallest absolute Gasteiger partial charge is 0.315 e. The highest BCUT2D eigenvalue weighted by molar-refractivity contribution is 7.11. The van der Waals surface area contributed by atoms with Crippen molar-refractivity contribution >= 4 is 17.4 Å². The second-order valence-electron chi connectivity index (χ2n) is 5.41. The van der Waals surface area contributed by atoms with Gasteiger partial charge in [0.05, 0.1) is 17.2 Å². The molecule has 1 heterocycles. The molecule has 0 atom stereocenters. The van der Waals surface area contributed by atoms with Gasteiger partial charge in [0.15, 0.2) is 0 Å². The van der Waals surface area contributed by atoms with E-state index in [1.807, 2.05) is 27.7 Å². The predicted molar refractivity (Wildman–Crippen MR) is 77.3 cm³/mol. The molecule has 0 radical (unpaired) electrons. The van der Waals surface area contributed by atoms with Gasteiger partial charge >= 0.3 is 6.03 Å². The molecule has 2 amide bonds. The number of amides is 2. The maximum absolute atomic E-state index is 11.7. The lowest BCUT2D eigenvalue weighted by Gasteiger charge is -2.23. The van der Waals surface area contributed by atoms with E-state index in [4.69, 9.17) is 5.11 Å². The van der Waals surface area contributed by atoms with Crippen LogP contribution in [0.5, 0.6) is 0 Å². The van der Waals surface area contributed by atoms with Crippen LogP contribution in [0, 0.1) is 19.3 Å². The fourth-order valence-corrected chi connectivity index (χ4v) is 2.51. The van der Waals surface area contributed by atoms with Gasteiger partial charge < -0.3 is 15.7 Å². The average Bonchev–Trinajstić information content (AvgIpc) is 2.63. The third-order valence-electron chi connectivity index (χ3n) is 2.93. The van der Waals surface area contributed by atoms with Gasteiger partial charge in [-0.2, -0.15) is 0 Å². The van der Waals surface area contributed by atoms with Crippen LogP contribution in [0.2, 0.25) is 0 Å². The molecule has 0 saturated heterocycles. The first-order chi connectivity index (χ1) is 8.84. The van der Waals surface area contributed by atoms with Crippen molar-refractivity contribution in [2.45, 2.75) is 40.7 Å². The Balaban J connectivity index is 2.34. The summed E-state index contributed by atoms with van der Waals surface area (Å²) in [6.07, 6.45) is 0.664. The Morgan fingerprint density at radius 2 is 2.05 bits per heavy atom. The fraction of sp³-hybridized carbons (Fsp3) is 0.692. The van der Waals surface area contributed by atoms with Crippen molar-refractivity contribution < 1.29 is 9.90 Å². The first-order valence-electron chi connectivity index (χ1n) is 6.39. The summed E-state index contributed by atoms with van der Waals surface area (Å²) in [6.45, 7) is 9.10. The molecule has 0 spiro atoms. The highest BCUT2D eigenvalue weighted by Crippen LogP contribution is 2.18. The molecule has 0 saturated carbocycles. The highest BCUT2D eigenvalue weighted by Gasteiger charge is 2.18. The van der Waals surface area contributed by atoms with Crippen LogP contribution in [-0.2, 0) is 6.54 Å². The van der Waals surface area contributed by atoms with Crippen LogP contribution in [0.25, 0.3) is 0 Å². The summed E-state index contributed by atoms with van der Waals surface area (Å²) in [7, 11) is 0. The summed E-state index contributed by atoms with van der Waals surface area (Å²) in [5.74, 6) is 0. The van der Waals surface area contributed by atoms with E-state index in [1.54, 1.807) is 11.3 Å². The van der Waals surface area contributed by atoms with E-state index in [2.05, 4.69) is 15.6 Å². The molecule has 5 nitrogen and oxygen atoms in total. The van der Waals surface area contributed by atoms with E-state index < -0.39 is 0 Å². The van der Waals surface area contributed by atoms with Crippen LogP contribution in [-0.4, -0.2) is 29.3 Å². The van der Waals surface area contributed by atoms with Crippen LogP contribution in [0.4, 0.5) is 4.79 Å². The molecule has 0 bridgehead atoms. The third-order valence-corrected chi connectivity index (χ3v) is 3.86. The van der Waals surface area contributed by atoms with Gasteiger partial charge in [-0.15, -0.1) is 11.3 Å². The molecule has 0 aliphatic rings. The number of hydrogen-bond acceptors (Lipinski definition) is 4. The number of aliphatic hydroxyl groups excluding tert-OH is 1. The molecule has 0 fully saturated rings. The van der Waals surface area contributed by atoms with Gasteiger partial charge in [0.1, 0.15) is 0 Å². The number of nitrogens with zero attached hydrogens (tertiary/aromatic N) is 1. The van der Waals surface area contributed by atoms with E-state index in [9.17, 15) is 4.79 Å². The second kappa shape index (κ2) is 6.86. The van der Waals surface area contributed by atoms with E-state index in [-0.39, 0.29) is 18.1 Å². The van der Waals surface area contributed by atoms with E-state index >= 15 is 0 Å². The Bertz CT molecular complexity index is 430. The zero-order valence-electron chi connectivity index (χ0n) is 12.0. The molecule has 0 unspecified atom stereocenters. The van der Waals surface area contributed by atoms with Gasteiger partial charge in [-0.05, 0) is 25.7 Å². The van der Waals surface area contributed by atoms with Crippen LogP contribution >= 0.6 is 11.3 Å². The topological polar surface area (TPSA) is 74.2 Å². The van der Waals surface area contributed by atoms with Crippen LogP contribution in [0.15, 0.2) is 0 Å². The van der Waals surface area contributed by atoms with Crippen LogP contribution in [0.1, 0.15) is 35.8 Å². The Morgan fingerprint density at radius 1 is 1.37 bits per heavy atom. The SMILES string of the molecule is Cc1nc(CNC(=O)NCC(C)(C)CCO)c(C)s1. The summed E-state index contributed by atoms with van der Waals surface area (Å²) < 4.78 is 0. The van der Waals surface area contributed by atoms with Crippen molar-refractivity contribution in [3.8, 4) is 0 Å². The molecule has 0 aromatic carbocycles. The summed E-state index contributed by atoms with van der Waals surface area (Å²) in [4.78, 5) is 17.2. The summed E-state index contributed by atoms with van der Waals surface area (Å²) in [5, 5.41) is 15.5. The number of aliphatic hydroxyl groups is 1. The molecular weight excluding hydrogens is 262 g/mol. The first-order valence-corrected chi connectivity index (χ1v) is 7.21. The van der Waals surface area contributed by atoms with Gasteiger partial charge in [0.25, 0.3) is 0 Å². The van der Waals surface area contributed by atoms with Gasteiger partial charge in [-0.3, -0.25) is 0 Å². The van der Waals surface area contributed by atoms with Crippen molar-refractivity contribution in [1.82, 2.24) is 15.6 Å². The largest absolute Gasteiger partial charge is 0.396 e. The Morgan fingerprint density at radius 3 is 2.58 bits per heavy atom. The number of carbonyl (C=O) groups excluding carboxylic acids is 1. The second-order valence-corrected chi connectivity index (χ2v) is 6.82. The normalized spacial score (nSPS) is 11.4. The van der Waals surface area contributed by atoms with E-state index in [1.165, 1.54) is 0 Å². The quantitative estimate of drug-likeness (QED) is 0.748. The first kappa shape index (κ1) is 15.9. The van der Waals surface area contributed by atoms with Gasteiger partial charge in [-0.1, -0.05) is 13.8 Å². The molecule has 6 heteroatoms. The standard InChI is InChI=1S/C13H23N3O2S/c1-9-11(16-10(2)19-9)7-14-12(18)15-8-13(3,4)5-6-17/h17H,5-8H2,1-4H3,(H2,14,15,18).